The molecule has 6 heteroatoms. The Balaban J connectivity index is 0.00000162. The smallest absolute Gasteiger partial charge is 0.325 e. The molecule has 0 spiro atoms. The third-order valence-electron chi connectivity index (χ3n) is 2.68. The van der Waals surface area contributed by atoms with Gasteiger partial charge in [-0.15, -0.1) is 24.8 Å². The van der Waals surface area contributed by atoms with Crippen molar-refractivity contribution in [1.29, 1.82) is 0 Å². The summed E-state index contributed by atoms with van der Waals surface area (Å²) in [6, 6.07) is 8.88. The molecule has 1 unspecified atom stereocenters. The van der Waals surface area contributed by atoms with Crippen molar-refractivity contribution < 1.29 is 9.90 Å². The average molecular weight is 303 g/mol. The summed E-state index contributed by atoms with van der Waals surface area (Å²) < 4.78 is 0. The van der Waals surface area contributed by atoms with E-state index in [9.17, 15) is 9.90 Å². The SMILES string of the molecule is CN(C)C(C(=O)O)c1cnc2ccccc2c1.Cl.Cl. The van der Waals surface area contributed by atoms with Crippen LogP contribution in [0, 0.1) is 0 Å². The zero-order valence-electron chi connectivity index (χ0n) is 10.6. The number of aromatic nitrogens is 1. The van der Waals surface area contributed by atoms with Gasteiger partial charge in [-0.25, -0.2) is 0 Å². The van der Waals surface area contributed by atoms with Crippen molar-refractivity contribution in [3.8, 4) is 0 Å². The highest BCUT2D eigenvalue weighted by Gasteiger charge is 2.22. The number of hydrogen-bond acceptors (Lipinski definition) is 3. The van der Waals surface area contributed by atoms with Crippen LogP contribution in [0.25, 0.3) is 10.9 Å². The van der Waals surface area contributed by atoms with Gasteiger partial charge < -0.3 is 5.11 Å². The molecule has 0 amide bonds. The standard InChI is InChI=1S/C13H14N2O2.2ClH/c1-15(2)12(13(16)17)10-7-9-5-3-4-6-11(9)14-8-10;;/h3-8,12H,1-2H3,(H,16,17);2*1H. The molecular formula is C13H16Cl2N2O2. The largest absolute Gasteiger partial charge is 0.480 e. The van der Waals surface area contributed by atoms with Gasteiger partial charge in [0.2, 0.25) is 0 Å². The van der Waals surface area contributed by atoms with Crippen molar-refractivity contribution in [1.82, 2.24) is 9.88 Å². The van der Waals surface area contributed by atoms with Gasteiger partial charge in [0, 0.05) is 11.6 Å². The first-order chi connectivity index (χ1) is 8.09. The van der Waals surface area contributed by atoms with E-state index in [0.29, 0.717) is 5.56 Å². The van der Waals surface area contributed by atoms with E-state index in [1.807, 2.05) is 30.3 Å². The number of pyridine rings is 1. The van der Waals surface area contributed by atoms with E-state index in [2.05, 4.69) is 4.98 Å². The molecule has 0 aliphatic carbocycles. The lowest BCUT2D eigenvalue weighted by molar-refractivity contribution is -0.142. The zero-order chi connectivity index (χ0) is 12.4. The Kier molecular flexibility index (Phi) is 6.76. The van der Waals surface area contributed by atoms with E-state index in [4.69, 9.17) is 0 Å². The minimum atomic E-state index is -0.868. The molecule has 0 radical (unpaired) electrons. The summed E-state index contributed by atoms with van der Waals surface area (Å²) in [6.45, 7) is 0. The quantitative estimate of drug-likeness (QED) is 0.947. The van der Waals surface area contributed by atoms with E-state index in [0.717, 1.165) is 10.9 Å². The molecule has 1 aromatic carbocycles. The molecule has 0 aliphatic heterocycles. The fourth-order valence-electron chi connectivity index (χ4n) is 1.90. The van der Waals surface area contributed by atoms with Crippen LogP contribution in [0.2, 0.25) is 0 Å². The molecule has 0 fully saturated rings. The first kappa shape index (κ1) is 17.6. The number of carbonyl (C=O) groups is 1. The maximum absolute atomic E-state index is 11.2. The van der Waals surface area contributed by atoms with E-state index in [-0.39, 0.29) is 24.8 Å². The Morgan fingerprint density at radius 2 is 1.89 bits per heavy atom. The van der Waals surface area contributed by atoms with Crippen LogP contribution in [0.5, 0.6) is 0 Å². The Bertz CT molecular complexity index is 561. The average Bonchev–Trinajstić information content (AvgIpc) is 2.28. The number of halogens is 2. The second-order valence-corrected chi connectivity index (χ2v) is 4.17. The maximum Gasteiger partial charge on any atom is 0.325 e. The monoisotopic (exact) mass is 302 g/mol. The molecule has 1 atom stereocenters. The predicted molar refractivity (Wildman–Crippen MR) is 80.3 cm³/mol. The topological polar surface area (TPSA) is 53.4 Å². The van der Waals surface area contributed by atoms with Crippen LogP contribution in [0.1, 0.15) is 11.6 Å². The van der Waals surface area contributed by atoms with Gasteiger partial charge in [-0.3, -0.25) is 14.7 Å². The van der Waals surface area contributed by atoms with Crippen LogP contribution >= 0.6 is 24.8 Å². The lowest BCUT2D eigenvalue weighted by atomic mass is 10.1. The Hall–Kier alpha value is -1.36. The molecule has 0 bridgehead atoms. The van der Waals surface area contributed by atoms with Crippen LogP contribution in [0.3, 0.4) is 0 Å². The predicted octanol–water partition coefficient (Wildman–Crippen LogP) is 2.77. The highest BCUT2D eigenvalue weighted by molar-refractivity contribution is 5.85. The fourth-order valence-corrected chi connectivity index (χ4v) is 1.90. The van der Waals surface area contributed by atoms with Gasteiger partial charge in [-0.1, -0.05) is 18.2 Å². The normalized spacial score (nSPS) is 11.5. The molecule has 2 rings (SSSR count). The number of hydrogen-bond donors (Lipinski definition) is 1. The van der Waals surface area contributed by atoms with Crippen LogP contribution in [-0.2, 0) is 4.79 Å². The number of fused-ring (bicyclic) bond motifs is 1. The van der Waals surface area contributed by atoms with E-state index in [1.54, 1.807) is 25.2 Å². The van der Waals surface area contributed by atoms with Gasteiger partial charge in [0.1, 0.15) is 6.04 Å². The van der Waals surface area contributed by atoms with Crippen molar-refractivity contribution in [3.63, 3.8) is 0 Å². The maximum atomic E-state index is 11.2. The first-order valence-electron chi connectivity index (χ1n) is 5.33. The highest BCUT2D eigenvalue weighted by atomic mass is 35.5. The number of likely N-dealkylation sites (N-methyl/N-ethyl adjacent to an activating group) is 1. The number of nitrogens with zero attached hydrogens (tertiary/aromatic N) is 2. The van der Waals surface area contributed by atoms with Gasteiger partial charge in [-0.2, -0.15) is 0 Å². The third kappa shape index (κ3) is 3.80. The molecule has 1 aromatic heterocycles. The zero-order valence-corrected chi connectivity index (χ0v) is 12.2. The first-order valence-corrected chi connectivity index (χ1v) is 5.33. The Morgan fingerprint density at radius 3 is 2.47 bits per heavy atom. The molecule has 4 nitrogen and oxygen atoms in total. The van der Waals surface area contributed by atoms with Crippen LogP contribution in [0.4, 0.5) is 0 Å². The molecule has 0 saturated carbocycles. The second-order valence-electron chi connectivity index (χ2n) is 4.17. The van der Waals surface area contributed by atoms with Crippen molar-refractivity contribution in [3.05, 3.63) is 42.1 Å². The fraction of sp³-hybridized carbons (Fsp3) is 0.231. The molecule has 19 heavy (non-hydrogen) atoms. The van der Waals surface area contributed by atoms with Gasteiger partial charge in [0.05, 0.1) is 5.52 Å². The lowest BCUT2D eigenvalue weighted by Crippen LogP contribution is -2.27. The molecule has 1 N–H and O–H groups in total. The van der Waals surface area contributed by atoms with Crippen LogP contribution < -0.4 is 0 Å². The Morgan fingerprint density at radius 1 is 1.26 bits per heavy atom. The van der Waals surface area contributed by atoms with Crippen molar-refractivity contribution in [2.24, 2.45) is 0 Å². The number of carboxylic acids is 1. The minimum absolute atomic E-state index is 0. The van der Waals surface area contributed by atoms with E-state index in [1.165, 1.54) is 0 Å². The molecule has 0 saturated heterocycles. The van der Waals surface area contributed by atoms with Gasteiger partial charge in [0.15, 0.2) is 0 Å². The number of aliphatic carboxylic acids is 1. The van der Waals surface area contributed by atoms with E-state index < -0.39 is 12.0 Å². The summed E-state index contributed by atoms with van der Waals surface area (Å²) in [6.07, 6.45) is 1.63. The third-order valence-corrected chi connectivity index (χ3v) is 2.68. The summed E-state index contributed by atoms with van der Waals surface area (Å²) >= 11 is 0. The number of benzene rings is 1. The lowest BCUT2D eigenvalue weighted by Gasteiger charge is -2.20. The Labute approximate surface area is 124 Å². The van der Waals surface area contributed by atoms with Crippen LogP contribution in [-0.4, -0.2) is 35.1 Å². The van der Waals surface area contributed by atoms with Crippen LogP contribution in [0.15, 0.2) is 36.5 Å². The number of rotatable bonds is 3. The molecule has 1 heterocycles. The summed E-state index contributed by atoms with van der Waals surface area (Å²) in [7, 11) is 3.49. The summed E-state index contributed by atoms with van der Waals surface area (Å²) in [4.78, 5) is 17.1. The van der Waals surface area contributed by atoms with E-state index >= 15 is 0 Å². The second kappa shape index (κ2) is 7.28. The minimum Gasteiger partial charge on any atom is -0.480 e. The van der Waals surface area contributed by atoms with Gasteiger partial charge in [0.25, 0.3) is 0 Å². The summed E-state index contributed by atoms with van der Waals surface area (Å²) in [5.41, 5.74) is 1.57. The van der Waals surface area contributed by atoms with Crippen molar-refractivity contribution in [2.75, 3.05) is 14.1 Å². The summed E-state index contributed by atoms with van der Waals surface area (Å²) in [5.74, 6) is -0.868. The number of para-hydroxylation sites is 1. The highest BCUT2D eigenvalue weighted by Crippen LogP contribution is 2.21. The molecule has 2 aromatic rings. The molecule has 104 valence electrons. The van der Waals surface area contributed by atoms with Gasteiger partial charge in [-0.05, 0) is 31.8 Å². The van der Waals surface area contributed by atoms with Gasteiger partial charge >= 0.3 is 5.97 Å². The molecular weight excluding hydrogens is 287 g/mol. The molecule has 0 aliphatic rings. The summed E-state index contributed by atoms with van der Waals surface area (Å²) in [5, 5.41) is 10.2. The van der Waals surface area contributed by atoms with Crippen molar-refractivity contribution >= 4 is 41.7 Å². The number of carboxylic acid groups (broad SMARTS) is 1. The van der Waals surface area contributed by atoms with Crippen molar-refractivity contribution in [2.45, 2.75) is 6.04 Å².